The molecular weight excluding hydrogens is 272 g/mol. The number of nitrogens with two attached hydrogens (primary N) is 1. The zero-order valence-corrected chi connectivity index (χ0v) is 12.2. The molecule has 2 nitrogen and oxygen atoms in total. The number of halogens is 2. The van der Waals surface area contributed by atoms with Crippen LogP contribution in [0.15, 0.2) is 36.4 Å². The second kappa shape index (κ2) is 6.68. The average Bonchev–Trinajstić information content (AvgIpc) is 2.46. The molecule has 0 aliphatic heterocycles. The van der Waals surface area contributed by atoms with E-state index in [0.717, 1.165) is 6.42 Å². The van der Waals surface area contributed by atoms with Crippen LogP contribution in [-0.4, -0.2) is 6.04 Å². The highest BCUT2D eigenvalue weighted by Gasteiger charge is 2.13. The van der Waals surface area contributed by atoms with Crippen LogP contribution >= 0.6 is 0 Å². The molecule has 0 amide bonds. The van der Waals surface area contributed by atoms with Gasteiger partial charge < -0.3 is 10.5 Å². The predicted molar refractivity (Wildman–Crippen MR) is 79.6 cm³/mol. The largest absolute Gasteiger partial charge is 0.454 e. The van der Waals surface area contributed by atoms with Crippen LogP contribution in [0.1, 0.15) is 24.5 Å². The van der Waals surface area contributed by atoms with Crippen LogP contribution < -0.4 is 10.5 Å². The van der Waals surface area contributed by atoms with Crippen LogP contribution in [0.4, 0.5) is 8.78 Å². The Bertz CT molecular complexity index is 628. The molecule has 112 valence electrons. The molecule has 0 aromatic heterocycles. The van der Waals surface area contributed by atoms with Crippen LogP contribution in [-0.2, 0) is 6.42 Å². The third-order valence-corrected chi connectivity index (χ3v) is 3.41. The highest BCUT2D eigenvalue weighted by molar-refractivity contribution is 5.40. The van der Waals surface area contributed by atoms with E-state index >= 15 is 0 Å². The molecule has 0 saturated carbocycles. The van der Waals surface area contributed by atoms with Crippen molar-refractivity contribution < 1.29 is 13.5 Å². The van der Waals surface area contributed by atoms with E-state index in [4.69, 9.17) is 10.5 Å². The van der Waals surface area contributed by atoms with Gasteiger partial charge in [0, 0.05) is 6.04 Å². The maximum absolute atomic E-state index is 14.0. The van der Waals surface area contributed by atoms with Crippen molar-refractivity contribution >= 4 is 0 Å². The van der Waals surface area contributed by atoms with Gasteiger partial charge >= 0.3 is 0 Å². The van der Waals surface area contributed by atoms with Gasteiger partial charge in [0.15, 0.2) is 11.6 Å². The first-order valence-corrected chi connectivity index (χ1v) is 6.98. The summed E-state index contributed by atoms with van der Waals surface area (Å²) in [5.74, 6) is -0.198. The third-order valence-electron chi connectivity index (χ3n) is 3.41. The van der Waals surface area contributed by atoms with Crippen LogP contribution in [0.3, 0.4) is 0 Å². The summed E-state index contributed by atoms with van der Waals surface area (Å²) < 4.78 is 33.0. The minimum atomic E-state index is -0.410. The van der Waals surface area contributed by atoms with Gasteiger partial charge in [-0.2, -0.15) is 0 Å². The first kappa shape index (κ1) is 15.4. The Morgan fingerprint density at radius 1 is 1.14 bits per heavy atom. The van der Waals surface area contributed by atoms with E-state index in [-0.39, 0.29) is 17.6 Å². The van der Waals surface area contributed by atoms with Gasteiger partial charge in [-0.3, -0.25) is 0 Å². The molecular formula is C17H19F2NO. The van der Waals surface area contributed by atoms with Gasteiger partial charge in [0.2, 0.25) is 0 Å². The van der Waals surface area contributed by atoms with E-state index in [1.165, 1.54) is 18.2 Å². The van der Waals surface area contributed by atoms with Gasteiger partial charge in [-0.05, 0) is 55.2 Å². The van der Waals surface area contributed by atoms with E-state index in [1.807, 2.05) is 6.92 Å². The highest BCUT2D eigenvalue weighted by atomic mass is 19.1. The molecule has 0 fully saturated rings. The van der Waals surface area contributed by atoms with Gasteiger partial charge in [-0.25, -0.2) is 8.78 Å². The molecule has 0 spiro atoms. The van der Waals surface area contributed by atoms with Crippen molar-refractivity contribution in [3.8, 4) is 11.5 Å². The lowest BCUT2D eigenvalue weighted by Crippen LogP contribution is -2.21. The van der Waals surface area contributed by atoms with Crippen molar-refractivity contribution in [1.82, 2.24) is 0 Å². The van der Waals surface area contributed by atoms with Crippen LogP contribution in [0.25, 0.3) is 0 Å². The molecule has 0 bridgehead atoms. The molecule has 2 N–H and O–H groups in total. The Morgan fingerprint density at radius 2 is 1.90 bits per heavy atom. The first-order valence-electron chi connectivity index (χ1n) is 6.98. The lowest BCUT2D eigenvalue weighted by atomic mass is 10.0. The first-order chi connectivity index (χ1) is 10.0. The van der Waals surface area contributed by atoms with Crippen molar-refractivity contribution in [1.29, 1.82) is 0 Å². The van der Waals surface area contributed by atoms with Crippen molar-refractivity contribution in [2.75, 3.05) is 0 Å². The van der Waals surface area contributed by atoms with E-state index in [2.05, 4.69) is 0 Å². The molecule has 1 atom stereocenters. The van der Waals surface area contributed by atoms with Crippen molar-refractivity contribution in [3.63, 3.8) is 0 Å². The molecule has 1 unspecified atom stereocenters. The number of ether oxygens (including phenoxy) is 1. The van der Waals surface area contributed by atoms with Gasteiger partial charge in [0.05, 0.1) is 0 Å². The lowest BCUT2D eigenvalue weighted by molar-refractivity contribution is 0.432. The maximum Gasteiger partial charge on any atom is 0.168 e. The summed E-state index contributed by atoms with van der Waals surface area (Å²) in [6.07, 6.45) is 1.26. The molecule has 21 heavy (non-hydrogen) atoms. The van der Waals surface area contributed by atoms with Crippen LogP contribution in [0, 0.1) is 18.6 Å². The summed E-state index contributed by atoms with van der Waals surface area (Å²) in [5.41, 5.74) is 7.06. The number of benzene rings is 2. The Hall–Kier alpha value is -1.94. The molecule has 0 aliphatic rings. The fraction of sp³-hybridized carbons (Fsp3) is 0.294. The van der Waals surface area contributed by atoms with Gasteiger partial charge in [-0.15, -0.1) is 0 Å². The fourth-order valence-electron chi connectivity index (χ4n) is 2.05. The molecule has 0 aliphatic carbocycles. The lowest BCUT2D eigenvalue weighted by Gasteiger charge is -2.15. The fourth-order valence-corrected chi connectivity index (χ4v) is 2.05. The van der Waals surface area contributed by atoms with Gasteiger partial charge in [0.25, 0.3) is 0 Å². The van der Waals surface area contributed by atoms with Crippen LogP contribution in [0.2, 0.25) is 0 Å². The van der Waals surface area contributed by atoms with Gasteiger partial charge in [0.1, 0.15) is 11.6 Å². The highest BCUT2D eigenvalue weighted by Crippen LogP contribution is 2.30. The smallest absolute Gasteiger partial charge is 0.168 e. The molecule has 2 rings (SSSR count). The minimum absolute atomic E-state index is 0.0866. The molecule has 4 heteroatoms. The normalized spacial score (nSPS) is 12.2. The SMILES string of the molecule is CCC(N)Cc1cc(F)ccc1Oc1cccc(C)c1F. The van der Waals surface area contributed by atoms with Gasteiger partial charge in [-0.1, -0.05) is 19.1 Å². The Kier molecular flexibility index (Phi) is 4.91. The summed E-state index contributed by atoms with van der Waals surface area (Å²) in [6, 6.07) is 9.04. The zero-order chi connectivity index (χ0) is 15.4. The summed E-state index contributed by atoms with van der Waals surface area (Å²) in [7, 11) is 0. The van der Waals surface area contributed by atoms with Crippen LogP contribution in [0.5, 0.6) is 11.5 Å². The zero-order valence-electron chi connectivity index (χ0n) is 12.2. The quantitative estimate of drug-likeness (QED) is 0.889. The minimum Gasteiger partial charge on any atom is -0.454 e. The maximum atomic E-state index is 14.0. The van der Waals surface area contributed by atoms with E-state index in [9.17, 15) is 8.78 Å². The molecule has 0 heterocycles. The molecule has 0 saturated heterocycles. The van der Waals surface area contributed by atoms with Crippen molar-refractivity contribution in [2.24, 2.45) is 5.73 Å². The second-order valence-corrected chi connectivity index (χ2v) is 5.11. The third kappa shape index (κ3) is 3.79. The summed E-state index contributed by atoms with van der Waals surface area (Å²) in [4.78, 5) is 0. The summed E-state index contributed by atoms with van der Waals surface area (Å²) >= 11 is 0. The molecule has 2 aromatic carbocycles. The molecule has 0 radical (unpaired) electrons. The summed E-state index contributed by atoms with van der Waals surface area (Å²) in [6.45, 7) is 3.63. The van der Waals surface area contributed by atoms with E-state index in [0.29, 0.717) is 23.3 Å². The number of hydrogen-bond donors (Lipinski definition) is 1. The monoisotopic (exact) mass is 291 g/mol. The Balaban J connectivity index is 2.33. The number of rotatable bonds is 5. The summed E-state index contributed by atoms with van der Waals surface area (Å²) in [5, 5.41) is 0. The topological polar surface area (TPSA) is 35.2 Å². The van der Waals surface area contributed by atoms with E-state index < -0.39 is 5.82 Å². The second-order valence-electron chi connectivity index (χ2n) is 5.11. The predicted octanol–water partition coefficient (Wildman–Crippen LogP) is 4.35. The van der Waals surface area contributed by atoms with E-state index in [1.54, 1.807) is 25.1 Å². The number of hydrogen-bond acceptors (Lipinski definition) is 2. The number of aryl methyl sites for hydroxylation is 1. The molecule has 2 aromatic rings. The standard InChI is InChI=1S/C17H19F2NO/c1-3-14(20)10-12-9-13(18)7-8-15(12)21-16-6-4-5-11(2)17(16)19/h4-9,14H,3,10,20H2,1-2H3. The Labute approximate surface area is 123 Å². The average molecular weight is 291 g/mol. The Morgan fingerprint density at radius 3 is 2.62 bits per heavy atom. The van der Waals surface area contributed by atoms with Crippen molar-refractivity contribution in [3.05, 3.63) is 59.2 Å². The van der Waals surface area contributed by atoms with Crippen molar-refractivity contribution in [2.45, 2.75) is 32.7 Å².